The fraction of sp³-hybridized carbons (Fsp3) is 0.250. The van der Waals surface area contributed by atoms with Crippen LogP contribution in [-0.4, -0.2) is 36.5 Å². The predicted molar refractivity (Wildman–Crippen MR) is 144 cm³/mol. The number of allylic oxidation sites excluding steroid dienone is 2. The molecule has 0 aromatic heterocycles. The fourth-order valence-corrected chi connectivity index (χ4v) is 4.76. The number of esters is 1. The highest BCUT2D eigenvalue weighted by Gasteiger charge is 2.36. The maximum Gasteiger partial charge on any atom is 0.337 e. The lowest BCUT2D eigenvalue weighted by atomic mass is 9.82. The maximum absolute atomic E-state index is 13.0. The molecule has 1 amide bonds. The van der Waals surface area contributed by atoms with E-state index in [0.29, 0.717) is 22.0 Å². The van der Waals surface area contributed by atoms with Crippen molar-refractivity contribution in [1.82, 2.24) is 5.32 Å². The molecule has 2 aromatic rings. The molecule has 0 spiro atoms. The van der Waals surface area contributed by atoms with Gasteiger partial charge in [-0.15, -0.1) is 0 Å². The molecule has 1 aliphatic rings. The molecule has 1 heterocycles. The summed E-state index contributed by atoms with van der Waals surface area (Å²) in [6, 6.07) is 12.5. The number of carbonyl (C=O) groups is 2. The van der Waals surface area contributed by atoms with Crippen molar-refractivity contribution in [1.29, 1.82) is 5.26 Å². The second-order valence-electron chi connectivity index (χ2n) is 8.41. The first kappa shape index (κ1) is 27.4. The van der Waals surface area contributed by atoms with Crippen LogP contribution in [0.1, 0.15) is 29.5 Å². The van der Waals surface area contributed by atoms with Crippen LogP contribution in [0.25, 0.3) is 0 Å². The van der Waals surface area contributed by atoms with Gasteiger partial charge >= 0.3 is 5.97 Å². The molecule has 0 fully saturated rings. The van der Waals surface area contributed by atoms with E-state index in [1.807, 2.05) is 32.0 Å². The molecule has 0 aliphatic carbocycles. The second kappa shape index (κ2) is 12.2. The lowest BCUT2D eigenvalue weighted by molar-refractivity contribution is -0.138. The van der Waals surface area contributed by atoms with Gasteiger partial charge in [0, 0.05) is 11.4 Å². The number of carbonyl (C=O) groups excluding carboxylic acids is 2. The molecule has 0 saturated carbocycles. The summed E-state index contributed by atoms with van der Waals surface area (Å²) >= 11 is 1.16. The molecule has 0 bridgehead atoms. The zero-order valence-corrected chi connectivity index (χ0v) is 22.0. The summed E-state index contributed by atoms with van der Waals surface area (Å²) in [5, 5.41) is 26.7. The summed E-state index contributed by atoms with van der Waals surface area (Å²) in [5.74, 6) is -1.48. The first-order chi connectivity index (χ1) is 17.7. The van der Waals surface area contributed by atoms with Crippen LogP contribution in [-0.2, 0) is 14.3 Å². The number of ether oxygens (including phenoxy) is 2. The Morgan fingerprint density at radius 2 is 1.97 bits per heavy atom. The highest BCUT2D eigenvalue weighted by molar-refractivity contribution is 8.03. The molecule has 9 heteroatoms. The number of phenolic OH excluding ortho intramolecular Hbond substituents is 1. The lowest BCUT2D eigenvalue weighted by Gasteiger charge is -2.29. The van der Waals surface area contributed by atoms with Gasteiger partial charge in [0.05, 0.1) is 41.0 Å². The maximum atomic E-state index is 13.0. The molecule has 1 aliphatic heterocycles. The number of hydrogen-bond donors (Lipinski definition) is 3. The van der Waals surface area contributed by atoms with Crippen molar-refractivity contribution in [3.63, 3.8) is 0 Å². The topological polar surface area (TPSA) is 121 Å². The Labute approximate surface area is 220 Å². The van der Waals surface area contributed by atoms with E-state index in [0.717, 1.165) is 22.9 Å². The van der Waals surface area contributed by atoms with E-state index >= 15 is 0 Å². The van der Waals surface area contributed by atoms with Gasteiger partial charge in [-0.1, -0.05) is 36.5 Å². The molecule has 2 aromatic carbocycles. The van der Waals surface area contributed by atoms with E-state index in [1.165, 1.54) is 19.3 Å². The first-order valence-electron chi connectivity index (χ1n) is 11.5. The van der Waals surface area contributed by atoms with Crippen LogP contribution < -0.4 is 15.4 Å². The molecule has 0 radical (unpaired) electrons. The number of dihydropyridines is 1. The Bertz CT molecular complexity index is 1340. The number of nitrogens with zero attached hydrogens (tertiary/aromatic N) is 1. The minimum atomic E-state index is -0.802. The molecule has 192 valence electrons. The van der Waals surface area contributed by atoms with Crippen LogP contribution in [0.3, 0.4) is 0 Å². The predicted octanol–water partition coefficient (Wildman–Crippen LogP) is 4.81. The molecule has 3 rings (SSSR count). The second-order valence-corrected chi connectivity index (χ2v) is 9.39. The van der Waals surface area contributed by atoms with Gasteiger partial charge in [-0.05, 0) is 61.7 Å². The molecule has 8 nitrogen and oxygen atoms in total. The van der Waals surface area contributed by atoms with Crippen LogP contribution in [0, 0.1) is 25.2 Å². The number of phenols is 1. The molecular formula is C28H29N3O5S. The number of amides is 1. The van der Waals surface area contributed by atoms with Crippen molar-refractivity contribution in [2.75, 3.05) is 24.8 Å². The average Bonchev–Trinajstić information content (AvgIpc) is 2.88. The van der Waals surface area contributed by atoms with Crippen molar-refractivity contribution in [2.24, 2.45) is 0 Å². The molecular weight excluding hydrogens is 490 g/mol. The number of nitrogens with one attached hydrogen (secondary N) is 2. The van der Waals surface area contributed by atoms with Crippen molar-refractivity contribution < 1.29 is 24.2 Å². The summed E-state index contributed by atoms with van der Waals surface area (Å²) in [6.07, 6.45) is 1.46. The number of anilines is 1. The smallest absolute Gasteiger partial charge is 0.337 e. The largest absolute Gasteiger partial charge is 0.504 e. The quantitative estimate of drug-likeness (QED) is 0.319. The average molecular weight is 520 g/mol. The number of rotatable bonds is 9. The molecule has 37 heavy (non-hydrogen) atoms. The first-order valence-corrected chi connectivity index (χ1v) is 12.5. The van der Waals surface area contributed by atoms with Crippen LogP contribution in [0.4, 0.5) is 5.69 Å². The number of nitriles is 1. The number of aromatic hydroxyl groups is 1. The molecule has 0 unspecified atom stereocenters. The van der Waals surface area contributed by atoms with Gasteiger partial charge in [0.1, 0.15) is 6.61 Å². The van der Waals surface area contributed by atoms with E-state index in [9.17, 15) is 20.0 Å². The highest BCUT2D eigenvalue weighted by Crippen LogP contribution is 2.43. The van der Waals surface area contributed by atoms with E-state index < -0.39 is 11.9 Å². The summed E-state index contributed by atoms with van der Waals surface area (Å²) in [7, 11) is 1.41. The Morgan fingerprint density at radius 1 is 1.22 bits per heavy atom. The van der Waals surface area contributed by atoms with E-state index in [1.54, 1.807) is 19.1 Å². The zero-order chi connectivity index (χ0) is 27.1. The van der Waals surface area contributed by atoms with Crippen LogP contribution in [0.15, 0.2) is 70.9 Å². The number of thioether (sulfide) groups is 1. The Kier molecular flexibility index (Phi) is 9.04. The highest BCUT2D eigenvalue weighted by atomic mass is 32.2. The summed E-state index contributed by atoms with van der Waals surface area (Å²) in [4.78, 5) is 25.7. The van der Waals surface area contributed by atoms with Crippen LogP contribution in [0.5, 0.6) is 11.5 Å². The lowest BCUT2D eigenvalue weighted by Crippen LogP contribution is -2.29. The zero-order valence-electron chi connectivity index (χ0n) is 21.2. The normalized spacial score (nSPS) is 14.9. The Morgan fingerprint density at radius 3 is 2.62 bits per heavy atom. The van der Waals surface area contributed by atoms with Crippen molar-refractivity contribution >= 4 is 29.3 Å². The monoisotopic (exact) mass is 519 g/mol. The number of methoxy groups -OCH3 is 1. The van der Waals surface area contributed by atoms with Crippen molar-refractivity contribution in [2.45, 2.75) is 26.7 Å². The number of benzene rings is 2. The molecule has 0 saturated heterocycles. The van der Waals surface area contributed by atoms with Gasteiger partial charge in [0.25, 0.3) is 0 Å². The summed E-state index contributed by atoms with van der Waals surface area (Å²) in [5.41, 5.74) is 4.42. The number of aryl methyl sites for hydroxylation is 2. The van der Waals surface area contributed by atoms with Crippen molar-refractivity contribution in [3.8, 4) is 17.6 Å². The third-order valence-electron chi connectivity index (χ3n) is 5.88. The Hall–Kier alpha value is -4.16. The van der Waals surface area contributed by atoms with E-state index in [4.69, 9.17) is 9.47 Å². The van der Waals surface area contributed by atoms with E-state index in [-0.39, 0.29) is 40.9 Å². The third kappa shape index (κ3) is 6.35. The van der Waals surface area contributed by atoms with Crippen LogP contribution in [0.2, 0.25) is 0 Å². The molecule has 1 atom stereocenters. The van der Waals surface area contributed by atoms with Crippen molar-refractivity contribution in [3.05, 3.63) is 87.6 Å². The Balaban J connectivity index is 1.94. The number of hydrogen-bond acceptors (Lipinski definition) is 8. The van der Waals surface area contributed by atoms with Gasteiger partial charge in [-0.2, -0.15) is 5.26 Å². The minimum Gasteiger partial charge on any atom is -0.504 e. The van der Waals surface area contributed by atoms with Gasteiger partial charge < -0.3 is 25.2 Å². The van der Waals surface area contributed by atoms with Gasteiger partial charge in [0.15, 0.2) is 11.5 Å². The molecule has 3 N–H and O–H groups in total. The fourth-order valence-electron chi connectivity index (χ4n) is 3.87. The van der Waals surface area contributed by atoms with Crippen LogP contribution >= 0.6 is 11.8 Å². The summed E-state index contributed by atoms with van der Waals surface area (Å²) in [6.45, 7) is 9.26. The SMILES string of the molecule is C=CCOC(=O)C1=C(C)NC(SCC(=O)Nc2ccc(C)c(C)c2)=C(C#N)[C@H]1c1ccc(O)c(OC)c1. The van der Waals surface area contributed by atoms with E-state index in [2.05, 4.69) is 23.3 Å². The van der Waals surface area contributed by atoms with Gasteiger partial charge in [-0.25, -0.2) is 4.79 Å². The van der Waals surface area contributed by atoms with Gasteiger partial charge in [-0.3, -0.25) is 4.79 Å². The van der Waals surface area contributed by atoms with Gasteiger partial charge in [0.2, 0.25) is 5.91 Å². The standard InChI is InChI=1S/C28H29N3O5S/c1-6-11-36-28(34)25-18(4)30-27(37-15-24(33)31-20-9-7-16(2)17(3)12-20)21(14-29)26(25)19-8-10-22(32)23(13-19)35-5/h6-10,12-13,26,30,32H,1,11,15H2,2-5H3,(H,31,33)/t26-/m1/s1. The minimum absolute atomic E-state index is 0.00704. The third-order valence-corrected chi connectivity index (χ3v) is 6.89. The summed E-state index contributed by atoms with van der Waals surface area (Å²) < 4.78 is 10.5.